The van der Waals surface area contributed by atoms with E-state index in [1.54, 1.807) is 0 Å². The second kappa shape index (κ2) is 10.6. The second-order valence-corrected chi connectivity index (χ2v) is 7.77. The topological polar surface area (TPSA) is 39.1 Å². The van der Waals surface area contributed by atoms with E-state index in [0.717, 1.165) is 49.8 Å². The van der Waals surface area contributed by atoms with Gasteiger partial charge in [-0.15, -0.1) is 0 Å². The molecule has 160 valence electrons. The number of hydrogen-bond acceptors (Lipinski definition) is 3. The van der Waals surface area contributed by atoms with E-state index in [1.165, 1.54) is 0 Å². The average molecular weight is 427 g/mol. The summed E-state index contributed by atoms with van der Waals surface area (Å²) in [6.45, 7) is 12.5. The van der Waals surface area contributed by atoms with Gasteiger partial charge in [-0.3, -0.25) is 4.79 Å². The Balaban J connectivity index is 1.92. The molecular weight excluding hydrogens is 396 g/mol. The van der Waals surface area contributed by atoms with E-state index in [1.807, 2.05) is 67.3 Å². The van der Waals surface area contributed by atoms with Crippen LogP contribution in [0.15, 0.2) is 53.5 Å². The Bertz CT molecular complexity index is 869. The van der Waals surface area contributed by atoms with E-state index < -0.39 is 0 Å². The van der Waals surface area contributed by atoms with Crippen LogP contribution in [0.3, 0.4) is 0 Å². The van der Waals surface area contributed by atoms with Crippen molar-refractivity contribution in [3.05, 3.63) is 64.7 Å². The molecule has 0 N–H and O–H groups in total. The molecule has 0 aromatic heterocycles. The Morgan fingerprint density at radius 3 is 2.10 bits per heavy atom. The van der Waals surface area contributed by atoms with E-state index in [-0.39, 0.29) is 5.91 Å². The molecule has 2 aromatic carbocycles. The molecule has 1 fully saturated rings. The molecule has 1 aliphatic rings. The second-order valence-electron chi connectivity index (χ2n) is 7.36. The van der Waals surface area contributed by atoms with Gasteiger partial charge in [0.25, 0.3) is 5.91 Å². The van der Waals surface area contributed by atoms with Crippen molar-refractivity contribution in [2.24, 2.45) is 4.99 Å². The lowest BCUT2D eigenvalue weighted by molar-refractivity contribution is 0.0773. The molecule has 0 saturated carbocycles. The van der Waals surface area contributed by atoms with Crippen molar-refractivity contribution in [3.63, 3.8) is 0 Å². The van der Waals surface area contributed by atoms with Gasteiger partial charge in [0.1, 0.15) is 5.84 Å². The summed E-state index contributed by atoms with van der Waals surface area (Å²) in [6.07, 6.45) is 0. The van der Waals surface area contributed by atoms with Crippen LogP contribution in [0.5, 0.6) is 0 Å². The summed E-state index contributed by atoms with van der Waals surface area (Å²) in [5.74, 6) is 0.966. The summed E-state index contributed by atoms with van der Waals surface area (Å²) in [7, 11) is 0. The number of para-hydroxylation sites is 1. The first-order valence-electron chi connectivity index (χ1n) is 10.8. The van der Waals surface area contributed by atoms with Gasteiger partial charge in [0.15, 0.2) is 0 Å². The number of halogens is 1. The van der Waals surface area contributed by atoms with E-state index in [9.17, 15) is 4.79 Å². The lowest BCUT2D eigenvalue weighted by Gasteiger charge is -2.36. The van der Waals surface area contributed by atoms with Gasteiger partial charge in [0.2, 0.25) is 0 Å². The molecule has 2 aromatic rings. The Morgan fingerprint density at radius 2 is 1.53 bits per heavy atom. The van der Waals surface area contributed by atoms with Crippen molar-refractivity contribution < 1.29 is 4.79 Å². The third-order valence-corrected chi connectivity index (χ3v) is 5.96. The molecule has 0 aliphatic carbocycles. The molecule has 3 rings (SSSR count). The summed E-state index contributed by atoms with van der Waals surface area (Å²) >= 11 is 6.39. The number of rotatable bonds is 6. The summed E-state index contributed by atoms with van der Waals surface area (Å²) in [4.78, 5) is 24.2. The number of hydrogen-bond donors (Lipinski definition) is 0. The van der Waals surface area contributed by atoms with Crippen LogP contribution in [0.4, 0.5) is 5.69 Å². The summed E-state index contributed by atoms with van der Waals surface area (Å²) in [5.41, 5.74) is 2.46. The fourth-order valence-electron chi connectivity index (χ4n) is 3.71. The van der Waals surface area contributed by atoms with Crippen molar-refractivity contribution in [1.82, 2.24) is 14.7 Å². The van der Waals surface area contributed by atoms with Crippen molar-refractivity contribution in [1.29, 1.82) is 0 Å². The zero-order valence-electron chi connectivity index (χ0n) is 18.1. The van der Waals surface area contributed by atoms with Crippen LogP contribution in [0.25, 0.3) is 0 Å². The van der Waals surface area contributed by atoms with Crippen LogP contribution < -0.4 is 0 Å². The van der Waals surface area contributed by atoms with Crippen molar-refractivity contribution >= 4 is 29.0 Å². The first-order valence-corrected chi connectivity index (χ1v) is 11.1. The lowest BCUT2D eigenvalue weighted by Crippen LogP contribution is -2.48. The van der Waals surface area contributed by atoms with Crippen molar-refractivity contribution in [2.45, 2.75) is 20.8 Å². The van der Waals surface area contributed by atoms with Crippen LogP contribution in [0.1, 0.15) is 36.7 Å². The molecule has 1 aliphatic heterocycles. The summed E-state index contributed by atoms with van der Waals surface area (Å²) in [5, 5.41) is 0.635. The SMILES string of the molecule is CCN1CCN(/C(=N\c2ccccc2Cl)c2ccc(C(=O)N(CC)CC)cc2)CC1. The summed E-state index contributed by atoms with van der Waals surface area (Å²) < 4.78 is 0. The number of carbonyl (C=O) groups excluding carboxylic acids is 1. The minimum absolute atomic E-state index is 0.0627. The minimum Gasteiger partial charge on any atom is -0.354 e. The minimum atomic E-state index is 0.0627. The number of carbonyl (C=O) groups is 1. The Morgan fingerprint density at radius 1 is 0.933 bits per heavy atom. The van der Waals surface area contributed by atoms with Gasteiger partial charge in [-0.2, -0.15) is 0 Å². The maximum Gasteiger partial charge on any atom is 0.253 e. The number of nitrogens with zero attached hydrogens (tertiary/aromatic N) is 4. The normalized spacial score (nSPS) is 15.3. The molecular formula is C24H31ClN4O. The third-order valence-electron chi connectivity index (χ3n) is 5.64. The molecule has 5 nitrogen and oxygen atoms in total. The van der Waals surface area contributed by atoms with Crippen LogP contribution in [0.2, 0.25) is 5.02 Å². The van der Waals surface area contributed by atoms with E-state index >= 15 is 0 Å². The molecule has 6 heteroatoms. The highest BCUT2D eigenvalue weighted by atomic mass is 35.5. The zero-order chi connectivity index (χ0) is 21.5. The van der Waals surface area contributed by atoms with Crippen molar-refractivity contribution in [2.75, 3.05) is 45.8 Å². The Labute approximate surface area is 185 Å². The largest absolute Gasteiger partial charge is 0.354 e. The highest BCUT2D eigenvalue weighted by molar-refractivity contribution is 6.33. The number of likely N-dealkylation sites (N-methyl/N-ethyl adjacent to an activating group) is 1. The van der Waals surface area contributed by atoms with E-state index in [0.29, 0.717) is 23.7 Å². The molecule has 1 amide bonds. The molecule has 30 heavy (non-hydrogen) atoms. The molecule has 0 atom stereocenters. The van der Waals surface area contributed by atoms with Gasteiger partial charge in [-0.25, -0.2) is 4.99 Å². The molecule has 0 spiro atoms. The Kier molecular flexibility index (Phi) is 7.88. The quantitative estimate of drug-likeness (QED) is 0.503. The van der Waals surface area contributed by atoms with Crippen molar-refractivity contribution in [3.8, 4) is 0 Å². The zero-order valence-corrected chi connectivity index (χ0v) is 18.9. The first-order chi connectivity index (χ1) is 14.6. The average Bonchev–Trinajstić information content (AvgIpc) is 2.79. The maximum absolute atomic E-state index is 12.7. The standard InChI is InChI=1S/C24H31ClN4O/c1-4-27-15-17-29(18-16-27)23(26-22-10-8-7-9-21(22)25)19-11-13-20(14-12-19)24(30)28(5-2)6-3/h7-14H,4-6,15-18H2,1-3H3/b26-23-. The number of aliphatic imine (C=N–C) groups is 1. The van der Waals surface area contributed by atoms with Gasteiger partial charge < -0.3 is 14.7 Å². The van der Waals surface area contributed by atoms with Gasteiger partial charge in [0, 0.05) is 50.4 Å². The molecule has 0 radical (unpaired) electrons. The van der Waals surface area contributed by atoms with Gasteiger partial charge in [0.05, 0.1) is 10.7 Å². The van der Waals surface area contributed by atoms with Crippen LogP contribution >= 0.6 is 11.6 Å². The smallest absolute Gasteiger partial charge is 0.253 e. The number of piperazine rings is 1. The van der Waals surface area contributed by atoms with Crippen LogP contribution in [0, 0.1) is 0 Å². The monoisotopic (exact) mass is 426 g/mol. The maximum atomic E-state index is 12.7. The molecule has 0 bridgehead atoms. The van der Waals surface area contributed by atoms with Crippen LogP contribution in [-0.4, -0.2) is 72.3 Å². The third kappa shape index (κ3) is 5.21. The molecule has 1 saturated heterocycles. The van der Waals surface area contributed by atoms with E-state index in [2.05, 4.69) is 16.7 Å². The predicted molar refractivity (Wildman–Crippen MR) is 125 cm³/mol. The van der Waals surface area contributed by atoms with Gasteiger partial charge >= 0.3 is 0 Å². The number of amides is 1. The predicted octanol–water partition coefficient (Wildman–Crippen LogP) is 4.54. The number of amidine groups is 1. The fraction of sp³-hybridized carbons (Fsp3) is 0.417. The summed E-state index contributed by atoms with van der Waals surface area (Å²) in [6, 6.07) is 15.5. The Hall–Kier alpha value is -2.37. The van der Waals surface area contributed by atoms with Gasteiger partial charge in [-0.1, -0.05) is 42.8 Å². The lowest BCUT2D eigenvalue weighted by atomic mass is 10.1. The highest BCUT2D eigenvalue weighted by Gasteiger charge is 2.21. The number of benzene rings is 2. The van der Waals surface area contributed by atoms with Crippen LogP contribution in [-0.2, 0) is 0 Å². The highest BCUT2D eigenvalue weighted by Crippen LogP contribution is 2.26. The fourth-order valence-corrected chi connectivity index (χ4v) is 3.88. The van der Waals surface area contributed by atoms with Gasteiger partial charge in [-0.05, 0) is 44.7 Å². The first kappa shape index (κ1) is 22.3. The van der Waals surface area contributed by atoms with E-state index in [4.69, 9.17) is 16.6 Å². The molecule has 0 unspecified atom stereocenters. The molecule has 1 heterocycles.